The lowest BCUT2D eigenvalue weighted by Gasteiger charge is -2.37. The molecule has 8 rings (SSSR count). The lowest BCUT2D eigenvalue weighted by molar-refractivity contribution is -0.147. The van der Waals surface area contributed by atoms with Crippen LogP contribution in [0.1, 0.15) is 87.6 Å². The molecule has 1 saturated heterocycles. The van der Waals surface area contributed by atoms with E-state index in [0.717, 1.165) is 11.1 Å². The molecule has 8 N–H and O–H groups in total. The number of methoxy groups -OCH3 is 2. The summed E-state index contributed by atoms with van der Waals surface area (Å²) < 4.78 is 32.2. The van der Waals surface area contributed by atoms with Crippen LogP contribution in [-0.2, 0) is 78.7 Å². The molecule has 0 saturated carbocycles. The molecule has 1 aromatic heterocycles. The molecule has 4 aromatic carbocycles. The number of fused-ring (bicyclic) bond motifs is 12. The molecule has 3 aliphatic heterocycles. The van der Waals surface area contributed by atoms with Gasteiger partial charge in [-0.05, 0) is 124 Å². The number of nitrogens with zero attached hydrogens (tertiary/aromatic N) is 2. The largest absolute Gasteiger partial charge is 0.497 e. The van der Waals surface area contributed by atoms with Crippen molar-refractivity contribution in [3.8, 4) is 11.5 Å². The molecule has 3 aliphatic rings. The number of rotatable bonds is 7. The summed E-state index contributed by atoms with van der Waals surface area (Å²) in [6.45, 7) is 6.83. The van der Waals surface area contributed by atoms with Crippen LogP contribution < -0.4 is 46.7 Å². The van der Waals surface area contributed by atoms with Gasteiger partial charge < -0.3 is 66.2 Å². The molecule has 22 nitrogen and oxygen atoms in total. The number of likely N-dealkylation sites (N-methyl/N-ethyl adjacent to an activating group) is 1. The summed E-state index contributed by atoms with van der Waals surface area (Å²) in [7, 11) is 4.27. The summed E-state index contributed by atoms with van der Waals surface area (Å²) in [5.74, 6) is -3.10. The zero-order valence-electron chi connectivity index (χ0n) is 53.6. The average Bonchev–Trinajstić information content (AvgIpc) is 1.72. The van der Waals surface area contributed by atoms with Crippen LogP contribution in [0, 0.1) is 5.82 Å². The first kappa shape index (κ1) is 70.4. The van der Waals surface area contributed by atoms with Gasteiger partial charge in [0.05, 0.1) is 13.2 Å². The Morgan fingerprint density at radius 3 is 2.15 bits per heavy atom. The van der Waals surface area contributed by atoms with Crippen LogP contribution in [-0.4, -0.2) is 174 Å². The van der Waals surface area contributed by atoms with Crippen molar-refractivity contribution in [2.75, 3.05) is 52.5 Å². The van der Waals surface area contributed by atoms with Crippen molar-refractivity contribution in [2.24, 2.45) is 0 Å². The fourth-order valence-corrected chi connectivity index (χ4v) is 13.2. The summed E-state index contributed by atoms with van der Waals surface area (Å²) in [4.78, 5) is 137. The molecule has 6 bridgehead atoms. The van der Waals surface area contributed by atoms with Crippen molar-refractivity contribution in [3.05, 3.63) is 143 Å². The van der Waals surface area contributed by atoms with Gasteiger partial charge in [-0.1, -0.05) is 60.7 Å². The highest BCUT2D eigenvalue weighted by Crippen LogP contribution is 2.31. The third-order valence-electron chi connectivity index (χ3n) is 17.1. The highest BCUT2D eigenvalue weighted by Gasteiger charge is 2.48. The van der Waals surface area contributed by atoms with Gasteiger partial charge in [0.2, 0.25) is 53.2 Å². The summed E-state index contributed by atoms with van der Waals surface area (Å²) in [5, 5.41) is 20.2. The van der Waals surface area contributed by atoms with Crippen LogP contribution in [0.3, 0.4) is 0 Å². The number of halogens is 1. The van der Waals surface area contributed by atoms with Crippen LogP contribution in [0.5, 0.6) is 11.5 Å². The summed E-state index contributed by atoms with van der Waals surface area (Å²) in [5.41, 5.74) is 3.03. The predicted molar refractivity (Wildman–Crippen MR) is 354 cm³/mol. The Hall–Kier alpha value is -8.42. The SMILES string of the molecule is COc1ccc(C[C@@H]2NC(=O)[C@H]([C@@H](C)OC)NC(=O)[C@@H]3CC/C=C/COc4cccc(c4)C[C@H](NC(=O)[C@@H](C)NC(=O)[C@H](C)NC(=O)CCSCc4cccc(c4)CSCCNC(=O)[C@]4(C)CCCN4C2=O)C(=O)N[C@@H](Cc2c[nH]c4ccc(F)cc24)C(=O)N3C)cc1. The normalized spacial score (nSPS) is 25.3. The predicted octanol–water partition coefficient (Wildman–Crippen LogP) is 4.95. The molecule has 0 aliphatic carbocycles. The number of nitrogens with one attached hydrogen (secondary N) is 8. The summed E-state index contributed by atoms with van der Waals surface area (Å²) in [6, 6.07) is 16.8. The number of H-pyrrole nitrogens is 1. The minimum absolute atomic E-state index is 0.0187. The second-order valence-corrected chi connectivity index (χ2v) is 26.1. The topological polar surface area (TPSA) is 288 Å². The Bertz CT molecular complexity index is 3520. The highest BCUT2D eigenvalue weighted by molar-refractivity contribution is 7.98. The van der Waals surface area contributed by atoms with E-state index in [4.69, 9.17) is 14.2 Å². The van der Waals surface area contributed by atoms with Gasteiger partial charge in [0.25, 0.3) is 0 Å². The molecule has 0 radical (unpaired) electrons. The van der Waals surface area contributed by atoms with Gasteiger partial charge in [0, 0.05) is 93.0 Å². The van der Waals surface area contributed by atoms with Gasteiger partial charge in [-0.2, -0.15) is 23.5 Å². The fourth-order valence-electron chi connectivity index (χ4n) is 11.5. The third-order valence-corrected chi connectivity index (χ3v) is 19.1. The number of thioether (sulfide) groups is 2. The molecular weight excluding hydrogens is 1230 g/mol. The smallest absolute Gasteiger partial charge is 0.246 e. The Morgan fingerprint density at radius 1 is 0.720 bits per heavy atom. The quantitative estimate of drug-likeness (QED) is 0.100. The van der Waals surface area contributed by atoms with E-state index in [0.29, 0.717) is 81.5 Å². The van der Waals surface area contributed by atoms with E-state index in [1.807, 2.05) is 18.2 Å². The average molecular weight is 1320 g/mol. The number of allylic oxidation sites excluding steroid dienone is 1. The number of aromatic amines is 1. The molecule has 4 heterocycles. The maximum atomic E-state index is 15.5. The number of benzene rings is 4. The Balaban J connectivity index is 1.14. The van der Waals surface area contributed by atoms with Crippen molar-refractivity contribution < 1.29 is 61.8 Å². The van der Waals surface area contributed by atoms with E-state index in [1.165, 1.54) is 63.1 Å². The Labute approximate surface area is 550 Å². The number of hydrogen-bond acceptors (Lipinski definition) is 14. The second kappa shape index (κ2) is 33.4. The van der Waals surface area contributed by atoms with Gasteiger partial charge in [0.1, 0.15) is 71.8 Å². The van der Waals surface area contributed by atoms with Crippen LogP contribution >= 0.6 is 23.5 Å². The molecule has 25 heteroatoms. The standard InChI is InChI=1S/C68H85FN10O12S2/c1-41-60(81)73-42(2)61(82)74-54-35-45-14-12-17-51(33-45)91-29-10-8-9-18-57(78(5)65(86)56(75-62(54)83)36-48-38-71-53-24-21-49(69)37-52(48)53)63(84)77-59(43(3)89-6)64(85)76-55(34-44-19-22-50(90-7)23-20-44)66(87)79-28-13-26-68(79,4)67(88)70-27-31-93-40-47-16-11-15-46(32-47)39-92-30-25-58(80)72-41/h8,10-12,14-17,19-24,32-33,37-38,41-43,54-57,59,71H,9,13,18,25-31,34-36,39-40H2,1-7H3,(H,70,88)(H,72,80)(H,73,81)(H,74,82)(H,75,83)(H,76,85)(H,77,84)/b10-8+/t41-,42+,43+,54-,55-,56-,57-,59-,68-/m0/s1. The van der Waals surface area contributed by atoms with Gasteiger partial charge in [0.15, 0.2) is 0 Å². The molecule has 1 fully saturated rings. The molecule has 0 unspecified atom stereocenters. The highest BCUT2D eigenvalue weighted by atomic mass is 32.2. The Kier molecular flexibility index (Phi) is 25.3. The van der Waals surface area contributed by atoms with E-state index in [9.17, 15) is 23.6 Å². The lowest BCUT2D eigenvalue weighted by Crippen LogP contribution is -2.63. The number of amides is 9. The maximum Gasteiger partial charge on any atom is 0.246 e. The molecule has 93 heavy (non-hydrogen) atoms. The Morgan fingerprint density at radius 2 is 1.41 bits per heavy atom. The van der Waals surface area contributed by atoms with Crippen LogP contribution in [0.15, 0.2) is 109 Å². The van der Waals surface area contributed by atoms with Crippen molar-refractivity contribution in [1.82, 2.24) is 52.0 Å². The molecule has 9 atom stereocenters. The molecule has 5 aromatic rings. The van der Waals surface area contributed by atoms with Crippen LogP contribution in [0.25, 0.3) is 10.9 Å². The number of carbonyl (C=O) groups is 9. The first-order valence-corrected chi connectivity index (χ1v) is 33.6. The van der Waals surface area contributed by atoms with Crippen LogP contribution in [0.4, 0.5) is 4.39 Å². The van der Waals surface area contributed by atoms with Gasteiger partial charge in [-0.25, -0.2) is 4.39 Å². The van der Waals surface area contributed by atoms with Gasteiger partial charge >= 0.3 is 0 Å². The minimum atomic E-state index is -1.49. The zero-order valence-corrected chi connectivity index (χ0v) is 55.2. The summed E-state index contributed by atoms with van der Waals surface area (Å²) >= 11 is 3.19. The van der Waals surface area contributed by atoms with Gasteiger partial charge in [-0.3, -0.25) is 43.2 Å². The zero-order chi connectivity index (χ0) is 66.8. The maximum absolute atomic E-state index is 15.5. The summed E-state index contributed by atoms with van der Waals surface area (Å²) in [6.07, 6.45) is 4.84. The third kappa shape index (κ3) is 19.1. The first-order valence-electron chi connectivity index (χ1n) is 31.3. The van der Waals surface area contributed by atoms with Crippen molar-refractivity contribution in [2.45, 2.75) is 145 Å². The molecule has 9 amide bonds. The fraction of sp³-hybridized carbons (Fsp3) is 0.456. The molecular formula is C68H85FN10O12S2. The van der Waals surface area contributed by atoms with Crippen molar-refractivity contribution in [1.29, 1.82) is 0 Å². The second-order valence-electron chi connectivity index (χ2n) is 23.9. The monoisotopic (exact) mass is 1320 g/mol. The number of hydrogen-bond donors (Lipinski definition) is 8. The minimum Gasteiger partial charge on any atom is -0.497 e. The van der Waals surface area contributed by atoms with Crippen molar-refractivity contribution in [3.63, 3.8) is 0 Å². The lowest BCUT2D eigenvalue weighted by atomic mass is 9.95. The van der Waals surface area contributed by atoms with Gasteiger partial charge in [-0.15, -0.1) is 0 Å². The first-order chi connectivity index (χ1) is 44.6. The number of ether oxygens (including phenoxy) is 3. The molecule has 498 valence electrons. The van der Waals surface area contributed by atoms with Crippen LogP contribution in [0.2, 0.25) is 0 Å². The van der Waals surface area contributed by atoms with E-state index < -0.39 is 101 Å². The molecule has 0 spiro atoms. The van der Waals surface area contributed by atoms with E-state index >= 15 is 24.0 Å². The van der Waals surface area contributed by atoms with Crippen molar-refractivity contribution >= 4 is 87.6 Å². The van der Waals surface area contributed by atoms with E-state index in [-0.39, 0.29) is 63.5 Å². The number of aromatic nitrogens is 1. The van der Waals surface area contributed by atoms with E-state index in [2.05, 4.69) is 48.3 Å². The van der Waals surface area contributed by atoms with E-state index in [1.54, 1.807) is 104 Å². The number of carbonyl (C=O) groups excluding carboxylic acids is 9.